The van der Waals surface area contributed by atoms with Crippen LogP contribution in [-0.4, -0.2) is 34.5 Å². The fourth-order valence-electron chi connectivity index (χ4n) is 4.60. The first-order chi connectivity index (χ1) is 11.6. The van der Waals surface area contributed by atoms with Crippen molar-refractivity contribution in [2.45, 2.75) is 32.7 Å². The van der Waals surface area contributed by atoms with Gasteiger partial charge in [-0.05, 0) is 56.7 Å². The van der Waals surface area contributed by atoms with Crippen LogP contribution in [-0.2, 0) is 0 Å². The van der Waals surface area contributed by atoms with Crippen LogP contribution in [0.5, 0.6) is 0 Å². The predicted octanol–water partition coefficient (Wildman–Crippen LogP) is 2.90. The summed E-state index contributed by atoms with van der Waals surface area (Å²) in [6.07, 6.45) is 2.28. The van der Waals surface area contributed by atoms with Gasteiger partial charge in [-0.1, -0.05) is 18.2 Å². The van der Waals surface area contributed by atoms with Gasteiger partial charge in [-0.2, -0.15) is 0 Å². The highest BCUT2D eigenvalue weighted by atomic mass is 16.2. The largest absolute Gasteiger partial charge is 0.338 e. The third-order valence-corrected chi connectivity index (χ3v) is 5.88. The highest BCUT2D eigenvalue weighted by molar-refractivity contribution is 5.96. The van der Waals surface area contributed by atoms with Crippen molar-refractivity contribution in [1.82, 2.24) is 9.47 Å². The van der Waals surface area contributed by atoms with Crippen LogP contribution >= 0.6 is 0 Å². The van der Waals surface area contributed by atoms with E-state index in [1.54, 1.807) is 0 Å². The molecule has 4 heteroatoms. The monoisotopic (exact) mass is 323 g/mol. The molecule has 1 saturated carbocycles. The van der Waals surface area contributed by atoms with E-state index in [1.807, 2.05) is 36.1 Å². The molecule has 0 spiro atoms. The third kappa shape index (κ3) is 2.37. The summed E-state index contributed by atoms with van der Waals surface area (Å²) in [5, 5.41) is 0. The van der Waals surface area contributed by atoms with Gasteiger partial charge in [0, 0.05) is 36.2 Å². The Morgan fingerprint density at radius 1 is 1.12 bits per heavy atom. The van der Waals surface area contributed by atoms with E-state index in [-0.39, 0.29) is 11.9 Å². The molecule has 1 aliphatic carbocycles. The molecule has 1 aromatic heterocycles. The number of hydrogen-bond acceptors (Lipinski definition) is 2. The molecule has 0 bridgehead atoms. The van der Waals surface area contributed by atoms with Crippen LogP contribution in [0.15, 0.2) is 36.4 Å². The summed E-state index contributed by atoms with van der Waals surface area (Å²) >= 11 is 0. The smallest absolute Gasteiger partial charge is 0.255 e. The van der Waals surface area contributed by atoms with Gasteiger partial charge in [-0.25, -0.2) is 0 Å². The van der Waals surface area contributed by atoms with Gasteiger partial charge in [0.25, 0.3) is 5.91 Å². The van der Waals surface area contributed by atoms with Crippen LogP contribution in [0.1, 0.15) is 34.6 Å². The molecule has 3 unspecified atom stereocenters. The molecule has 24 heavy (non-hydrogen) atoms. The van der Waals surface area contributed by atoms with Crippen LogP contribution < -0.4 is 5.73 Å². The number of benzene rings is 1. The Balaban J connectivity index is 1.62. The van der Waals surface area contributed by atoms with Gasteiger partial charge in [0.15, 0.2) is 0 Å². The van der Waals surface area contributed by atoms with Gasteiger partial charge < -0.3 is 15.2 Å². The van der Waals surface area contributed by atoms with Crippen LogP contribution in [0.3, 0.4) is 0 Å². The average molecular weight is 323 g/mol. The molecule has 4 rings (SSSR count). The Kier molecular flexibility index (Phi) is 3.72. The van der Waals surface area contributed by atoms with Gasteiger partial charge in [-0.3, -0.25) is 4.79 Å². The van der Waals surface area contributed by atoms with Crippen molar-refractivity contribution in [3.05, 3.63) is 53.3 Å². The lowest BCUT2D eigenvalue weighted by atomic mass is 9.98. The zero-order valence-corrected chi connectivity index (χ0v) is 14.4. The number of hydrogen-bond donors (Lipinski definition) is 1. The molecule has 2 aromatic rings. The van der Waals surface area contributed by atoms with Crippen molar-refractivity contribution in [2.75, 3.05) is 13.1 Å². The molecule has 2 N–H and O–H groups in total. The maximum atomic E-state index is 13.1. The summed E-state index contributed by atoms with van der Waals surface area (Å²) in [5.41, 5.74) is 10.3. The number of amides is 1. The van der Waals surface area contributed by atoms with E-state index in [0.29, 0.717) is 11.8 Å². The van der Waals surface area contributed by atoms with Crippen molar-refractivity contribution in [1.29, 1.82) is 0 Å². The molecular weight excluding hydrogens is 298 g/mol. The molecule has 0 radical (unpaired) electrons. The molecule has 2 heterocycles. The molecular formula is C20H25N3O. The molecule has 1 saturated heterocycles. The number of rotatable bonds is 2. The molecule has 1 amide bonds. The van der Waals surface area contributed by atoms with Crippen LogP contribution in [0.2, 0.25) is 0 Å². The number of nitrogens with zero attached hydrogens (tertiary/aromatic N) is 2. The minimum absolute atomic E-state index is 0.159. The molecule has 1 aromatic carbocycles. The fraction of sp³-hybridized carbons (Fsp3) is 0.450. The van der Waals surface area contributed by atoms with E-state index in [9.17, 15) is 4.79 Å². The Labute approximate surface area is 143 Å². The second kappa shape index (κ2) is 5.78. The van der Waals surface area contributed by atoms with Gasteiger partial charge in [-0.15, -0.1) is 0 Å². The fourth-order valence-corrected chi connectivity index (χ4v) is 4.60. The highest BCUT2D eigenvalue weighted by Crippen LogP contribution is 2.38. The zero-order chi connectivity index (χ0) is 16.8. The summed E-state index contributed by atoms with van der Waals surface area (Å²) < 4.78 is 2.16. The standard InChI is InChI=1S/C20H25N3O/c1-13-10-17(14(2)23(13)16-6-4-3-5-7-16)20(24)22-11-15-8-9-19(21)18(15)12-22/h3-7,10,15,18-19H,8-9,11-12,21H2,1-2H3. The van der Waals surface area contributed by atoms with E-state index in [4.69, 9.17) is 5.73 Å². The first-order valence-electron chi connectivity index (χ1n) is 8.85. The summed E-state index contributed by atoms with van der Waals surface area (Å²) in [7, 11) is 0. The third-order valence-electron chi connectivity index (χ3n) is 5.88. The van der Waals surface area contributed by atoms with Crippen molar-refractivity contribution < 1.29 is 4.79 Å². The van der Waals surface area contributed by atoms with E-state index < -0.39 is 0 Å². The number of likely N-dealkylation sites (tertiary alicyclic amines) is 1. The summed E-state index contributed by atoms with van der Waals surface area (Å²) in [6, 6.07) is 12.5. The van der Waals surface area contributed by atoms with Gasteiger partial charge >= 0.3 is 0 Å². The number of carbonyl (C=O) groups excluding carboxylic acids is 1. The van der Waals surface area contributed by atoms with Crippen molar-refractivity contribution in [3.8, 4) is 5.69 Å². The van der Waals surface area contributed by atoms with Crippen molar-refractivity contribution >= 4 is 5.91 Å². The Bertz CT molecular complexity index is 765. The lowest BCUT2D eigenvalue weighted by molar-refractivity contribution is 0.0779. The quantitative estimate of drug-likeness (QED) is 0.924. The first-order valence-corrected chi connectivity index (χ1v) is 8.85. The number of carbonyl (C=O) groups is 1. The minimum atomic E-state index is 0.159. The lowest BCUT2D eigenvalue weighted by Crippen LogP contribution is -2.33. The van der Waals surface area contributed by atoms with Crippen LogP contribution in [0.4, 0.5) is 0 Å². The summed E-state index contributed by atoms with van der Waals surface area (Å²) in [6.45, 7) is 5.78. The van der Waals surface area contributed by atoms with Crippen LogP contribution in [0, 0.1) is 25.7 Å². The second-order valence-corrected chi connectivity index (χ2v) is 7.33. The van der Waals surface area contributed by atoms with Gasteiger partial charge in [0.2, 0.25) is 0 Å². The zero-order valence-electron chi connectivity index (χ0n) is 14.4. The van der Waals surface area contributed by atoms with Gasteiger partial charge in [0.1, 0.15) is 0 Å². The molecule has 2 aliphatic rings. The predicted molar refractivity (Wildman–Crippen MR) is 95.3 cm³/mol. The average Bonchev–Trinajstić information content (AvgIpc) is 3.23. The van der Waals surface area contributed by atoms with E-state index >= 15 is 0 Å². The SMILES string of the molecule is Cc1cc(C(=O)N2CC3CCC(N)C3C2)c(C)n1-c1ccccc1. The molecule has 4 nitrogen and oxygen atoms in total. The number of aromatic nitrogens is 1. The van der Waals surface area contributed by atoms with Crippen LogP contribution in [0.25, 0.3) is 5.69 Å². The number of para-hydroxylation sites is 1. The topological polar surface area (TPSA) is 51.3 Å². The van der Waals surface area contributed by atoms with E-state index in [2.05, 4.69) is 23.6 Å². The second-order valence-electron chi connectivity index (χ2n) is 7.33. The number of fused-ring (bicyclic) bond motifs is 1. The highest BCUT2D eigenvalue weighted by Gasteiger charge is 2.42. The molecule has 2 fully saturated rings. The molecule has 1 aliphatic heterocycles. The minimum Gasteiger partial charge on any atom is -0.338 e. The normalized spacial score (nSPS) is 26.0. The van der Waals surface area contributed by atoms with Gasteiger partial charge in [0.05, 0.1) is 5.56 Å². The maximum absolute atomic E-state index is 13.1. The maximum Gasteiger partial charge on any atom is 0.255 e. The lowest BCUT2D eigenvalue weighted by Gasteiger charge is -2.19. The van der Waals surface area contributed by atoms with E-state index in [0.717, 1.165) is 42.1 Å². The van der Waals surface area contributed by atoms with Crippen molar-refractivity contribution in [3.63, 3.8) is 0 Å². The number of nitrogens with two attached hydrogens (primary N) is 1. The summed E-state index contributed by atoms with van der Waals surface area (Å²) in [4.78, 5) is 15.1. The summed E-state index contributed by atoms with van der Waals surface area (Å²) in [5.74, 6) is 1.25. The molecule has 126 valence electrons. The van der Waals surface area contributed by atoms with Crippen molar-refractivity contribution in [2.24, 2.45) is 17.6 Å². The Morgan fingerprint density at radius 2 is 1.88 bits per heavy atom. The van der Waals surface area contributed by atoms with E-state index in [1.165, 1.54) is 6.42 Å². The Morgan fingerprint density at radius 3 is 2.58 bits per heavy atom. The Hall–Kier alpha value is -2.07. The number of aryl methyl sites for hydroxylation is 1. The molecule has 3 atom stereocenters. The first kappa shape index (κ1) is 15.5.